The van der Waals surface area contributed by atoms with Crippen LogP contribution in [0.5, 0.6) is 0 Å². The lowest BCUT2D eigenvalue weighted by Crippen LogP contribution is -2.28. The molecule has 0 saturated carbocycles. The van der Waals surface area contributed by atoms with Crippen LogP contribution in [-0.2, 0) is 17.1 Å². The molecular formula is C15H19N3O2S. The third-order valence-electron chi connectivity index (χ3n) is 3.93. The smallest absolute Gasteiger partial charge is 0.243 e. The van der Waals surface area contributed by atoms with E-state index in [9.17, 15) is 8.42 Å². The van der Waals surface area contributed by atoms with Gasteiger partial charge < -0.3 is 4.57 Å². The van der Waals surface area contributed by atoms with Crippen LogP contribution >= 0.6 is 0 Å². The third kappa shape index (κ3) is 2.61. The average Bonchev–Trinajstić information content (AvgIpc) is 3.06. The molecule has 0 N–H and O–H groups in total. The van der Waals surface area contributed by atoms with Gasteiger partial charge in [0.05, 0.1) is 10.6 Å². The van der Waals surface area contributed by atoms with Gasteiger partial charge in [0, 0.05) is 32.3 Å². The summed E-state index contributed by atoms with van der Waals surface area (Å²) in [5, 5.41) is 0. The number of rotatable bonds is 3. The SMILES string of the molecule is Cc1cn(C)c(C2CCN(S(=O)(=O)c3ccccc3)C2)n1. The van der Waals surface area contributed by atoms with Crippen LogP contribution < -0.4 is 0 Å². The molecule has 2 heterocycles. The Hall–Kier alpha value is -1.66. The van der Waals surface area contributed by atoms with Crippen LogP contribution in [0.2, 0.25) is 0 Å². The standard InChI is InChI=1S/C15H19N3O2S/c1-12-10-17(2)15(16-12)13-8-9-18(11-13)21(19,20)14-6-4-3-5-7-14/h3-7,10,13H,8-9,11H2,1-2H3. The van der Waals surface area contributed by atoms with Gasteiger partial charge in [-0.3, -0.25) is 0 Å². The van der Waals surface area contributed by atoms with Crippen molar-refractivity contribution in [2.45, 2.75) is 24.2 Å². The Morgan fingerprint density at radius 1 is 1.24 bits per heavy atom. The molecule has 1 unspecified atom stereocenters. The van der Waals surface area contributed by atoms with Crippen molar-refractivity contribution in [3.63, 3.8) is 0 Å². The molecule has 1 aromatic carbocycles. The first-order valence-corrected chi connectivity index (χ1v) is 8.47. The largest absolute Gasteiger partial charge is 0.337 e. The van der Waals surface area contributed by atoms with Gasteiger partial charge >= 0.3 is 0 Å². The molecule has 1 saturated heterocycles. The Balaban J connectivity index is 1.83. The summed E-state index contributed by atoms with van der Waals surface area (Å²) in [5.74, 6) is 1.14. The van der Waals surface area contributed by atoms with E-state index in [0.717, 1.165) is 17.9 Å². The molecule has 112 valence electrons. The van der Waals surface area contributed by atoms with Gasteiger partial charge in [-0.15, -0.1) is 0 Å². The Morgan fingerprint density at radius 3 is 2.57 bits per heavy atom. The molecule has 0 spiro atoms. The molecule has 5 nitrogen and oxygen atoms in total. The van der Waals surface area contributed by atoms with E-state index < -0.39 is 10.0 Å². The summed E-state index contributed by atoms with van der Waals surface area (Å²) in [6, 6.07) is 8.62. The third-order valence-corrected chi connectivity index (χ3v) is 5.81. The van der Waals surface area contributed by atoms with Crippen LogP contribution in [0.25, 0.3) is 0 Å². The summed E-state index contributed by atoms with van der Waals surface area (Å²) in [6.07, 6.45) is 2.79. The van der Waals surface area contributed by atoms with Crippen LogP contribution in [0.1, 0.15) is 23.9 Å². The number of aromatic nitrogens is 2. The highest BCUT2D eigenvalue weighted by Gasteiger charge is 2.34. The summed E-state index contributed by atoms with van der Waals surface area (Å²) < 4.78 is 28.8. The molecule has 1 atom stereocenters. The number of aryl methyl sites for hydroxylation is 2. The van der Waals surface area contributed by atoms with Crippen LogP contribution in [0.15, 0.2) is 41.4 Å². The van der Waals surface area contributed by atoms with Gasteiger partial charge in [0.1, 0.15) is 5.82 Å². The molecule has 1 fully saturated rings. The maximum absolute atomic E-state index is 12.6. The van der Waals surface area contributed by atoms with Gasteiger partial charge in [-0.25, -0.2) is 13.4 Å². The van der Waals surface area contributed by atoms with Gasteiger partial charge in [-0.1, -0.05) is 18.2 Å². The minimum Gasteiger partial charge on any atom is -0.337 e. The molecule has 0 bridgehead atoms. The Bertz CT molecular complexity index is 738. The van der Waals surface area contributed by atoms with E-state index in [0.29, 0.717) is 18.0 Å². The Kier molecular flexibility index (Phi) is 3.59. The van der Waals surface area contributed by atoms with E-state index >= 15 is 0 Å². The molecule has 6 heteroatoms. The lowest BCUT2D eigenvalue weighted by atomic mass is 10.1. The van der Waals surface area contributed by atoms with Crippen molar-refractivity contribution in [3.8, 4) is 0 Å². The average molecular weight is 305 g/mol. The first-order valence-electron chi connectivity index (χ1n) is 7.03. The fraction of sp³-hybridized carbons (Fsp3) is 0.400. The topological polar surface area (TPSA) is 55.2 Å². The molecule has 0 amide bonds. The van der Waals surface area contributed by atoms with Gasteiger partial charge in [0.2, 0.25) is 10.0 Å². The second-order valence-corrected chi connectivity index (χ2v) is 7.45. The number of benzene rings is 1. The highest BCUT2D eigenvalue weighted by atomic mass is 32.2. The molecule has 1 aliphatic heterocycles. The highest BCUT2D eigenvalue weighted by molar-refractivity contribution is 7.89. The van der Waals surface area contributed by atoms with Crippen LogP contribution in [-0.4, -0.2) is 35.4 Å². The van der Waals surface area contributed by atoms with Crippen molar-refractivity contribution in [1.29, 1.82) is 0 Å². The van der Waals surface area contributed by atoms with Gasteiger partial charge in [0.25, 0.3) is 0 Å². The van der Waals surface area contributed by atoms with Crippen molar-refractivity contribution in [2.24, 2.45) is 7.05 Å². The summed E-state index contributed by atoms with van der Waals surface area (Å²) in [5.41, 5.74) is 0.969. The lowest BCUT2D eigenvalue weighted by Gasteiger charge is -2.16. The predicted octanol–water partition coefficient (Wildman–Crippen LogP) is 1.91. The molecule has 0 aliphatic carbocycles. The molecule has 2 aromatic rings. The zero-order chi connectivity index (χ0) is 15.0. The number of hydrogen-bond donors (Lipinski definition) is 0. The maximum Gasteiger partial charge on any atom is 0.243 e. The predicted molar refractivity (Wildman–Crippen MR) is 80.5 cm³/mol. The Morgan fingerprint density at radius 2 is 1.95 bits per heavy atom. The quantitative estimate of drug-likeness (QED) is 0.870. The van der Waals surface area contributed by atoms with Gasteiger partial charge in [0.15, 0.2) is 0 Å². The summed E-state index contributed by atoms with van der Waals surface area (Å²) in [7, 11) is -1.43. The fourth-order valence-corrected chi connectivity index (χ4v) is 4.43. The van der Waals surface area contributed by atoms with Crippen molar-refractivity contribution in [1.82, 2.24) is 13.9 Å². The van der Waals surface area contributed by atoms with Gasteiger partial charge in [-0.05, 0) is 25.5 Å². The second-order valence-electron chi connectivity index (χ2n) is 5.51. The maximum atomic E-state index is 12.6. The van der Waals surface area contributed by atoms with E-state index in [2.05, 4.69) is 4.98 Å². The first kappa shape index (κ1) is 14.3. The van der Waals surface area contributed by atoms with Crippen LogP contribution in [0, 0.1) is 6.92 Å². The van der Waals surface area contributed by atoms with Crippen LogP contribution in [0.4, 0.5) is 0 Å². The van der Waals surface area contributed by atoms with E-state index in [4.69, 9.17) is 0 Å². The van der Waals surface area contributed by atoms with E-state index in [-0.39, 0.29) is 5.92 Å². The van der Waals surface area contributed by atoms with E-state index in [1.54, 1.807) is 28.6 Å². The molecule has 3 rings (SSSR count). The molecule has 1 aliphatic rings. The van der Waals surface area contributed by atoms with Gasteiger partial charge in [-0.2, -0.15) is 4.31 Å². The normalized spacial score (nSPS) is 20.0. The monoisotopic (exact) mass is 305 g/mol. The Labute approximate surface area is 125 Å². The fourth-order valence-electron chi connectivity index (χ4n) is 2.91. The minimum absolute atomic E-state index is 0.169. The number of nitrogens with zero attached hydrogens (tertiary/aromatic N) is 3. The highest BCUT2D eigenvalue weighted by Crippen LogP contribution is 2.30. The van der Waals surface area contributed by atoms with E-state index in [1.165, 1.54) is 0 Å². The van der Waals surface area contributed by atoms with E-state index in [1.807, 2.05) is 30.8 Å². The number of hydrogen-bond acceptors (Lipinski definition) is 3. The minimum atomic E-state index is -3.39. The number of imidazole rings is 1. The second kappa shape index (κ2) is 5.27. The zero-order valence-electron chi connectivity index (χ0n) is 12.2. The summed E-state index contributed by atoms with van der Waals surface area (Å²) >= 11 is 0. The number of sulfonamides is 1. The zero-order valence-corrected chi connectivity index (χ0v) is 13.0. The molecule has 1 aromatic heterocycles. The van der Waals surface area contributed by atoms with Crippen molar-refractivity contribution in [3.05, 3.63) is 48.0 Å². The first-order chi connectivity index (χ1) is 9.98. The van der Waals surface area contributed by atoms with Crippen molar-refractivity contribution < 1.29 is 8.42 Å². The van der Waals surface area contributed by atoms with Crippen molar-refractivity contribution >= 4 is 10.0 Å². The molecule has 21 heavy (non-hydrogen) atoms. The molecule has 0 radical (unpaired) electrons. The summed E-state index contributed by atoms with van der Waals surface area (Å²) in [4.78, 5) is 4.89. The van der Waals surface area contributed by atoms with Crippen molar-refractivity contribution in [2.75, 3.05) is 13.1 Å². The lowest BCUT2D eigenvalue weighted by molar-refractivity contribution is 0.470. The van der Waals surface area contributed by atoms with Crippen LogP contribution in [0.3, 0.4) is 0 Å². The molecular weight excluding hydrogens is 286 g/mol. The summed E-state index contributed by atoms with van der Waals surface area (Å²) in [6.45, 7) is 3.01.